The van der Waals surface area contributed by atoms with Gasteiger partial charge in [0.2, 0.25) is 0 Å². The van der Waals surface area contributed by atoms with Crippen molar-refractivity contribution in [3.8, 4) is 17.2 Å². The van der Waals surface area contributed by atoms with Gasteiger partial charge in [-0.25, -0.2) is 0 Å². The van der Waals surface area contributed by atoms with Gasteiger partial charge in [-0.2, -0.15) is 0 Å². The van der Waals surface area contributed by atoms with Crippen LogP contribution in [0.1, 0.15) is 36.8 Å². The number of aliphatic hydroxyl groups excluding tert-OH is 2. The normalized spacial score (nSPS) is 13.9. The first-order chi connectivity index (χ1) is 15.6. The fraction of sp³-hybridized carbons (Fsp3) is 0.333. The van der Waals surface area contributed by atoms with Gasteiger partial charge in [-0.1, -0.05) is 61.5 Å². The Morgan fingerprint density at radius 3 is 2.22 bits per heavy atom. The van der Waals surface area contributed by atoms with Gasteiger partial charge >= 0.3 is 0 Å². The van der Waals surface area contributed by atoms with Gasteiger partial charge in [-0.05, 0) is 60.6 Å². The highest BCUT2D eigenvalue weighted by atomic mass is 16.5. The minimum Gasteiger partial charge on any atom is -0.490 e. The molecule has 0 fully saturated rings. The monoisotopic (exact) mass is 435 g/mol. The SMILES string of the molecule is CC(CC(O)C(N)CO)c1ccc(Oc2ccccc2OCCCc2ccccc2)cc1. The summed E-state index contributed by atoms with van der Waals surface area (Å²) >= 11 is 0. The lowest BCUT2D eigenvalue weighted by Crippen LogP contribution is -2.38. The lowest BCUT2D eigenvalue weighted by Gasteiger charge is -2.21. The second kappa shape index (κ2) is 12.2. The van der Waals surface area contributed by atoms with Crippen LogP contribution in [0.3, 0.4) is 0 Å². The summed E-state index contributed by atoms with van der Waals surface area (Å²) in [6.07, 6.45) is 1.65. The van der Waals surface area contributed by atoms with Gasteiger partial charge in [0.15, 0.2) is 11.5 Å². The van der Waals surface area contributed by atoms with E-state index in [2.05, 4.69) is 24.3 Å². The van der Waals surface area contributed by atoms with Crippen molar-refractivity contribution in [2.45, 2.75) is 44.2 Å². The third-order valence-corrected chi connectivity index (χ3v) is 5.54. The molecule has 3 rings (SSSR count). The molecule has 4 N–H and O–H groups in total. The highest BCUT2D eigenvalue weighted by molar-refractivity contribution is 5.43. The molecule has 0 spiro atoms. The number of rotatable bonds is 12. The Bertz CT molecular complexity index is 930. The Balaban J connectivity index is 1.54. The summed E-state index contributed by atoms with van der Waals surface area (Å²) in [5.41, 5.74) is 8.09. The smallest absolute Gasteiger partial charge is 0.169 e. The van der Waals surface area contributed by atoms with E-state index in [1.165, 1.54) is 5.56 Å². The van der Waals surface area contributed by atoms with Crippen molar-refractivity contribution < 1.29 is 19.7 Å². The fourth-order valence-electron chi connectivity index (χ4n) is 3.54. The van der Waals surface area contributed by atoms with E-state index in [0.717, 1.165) is 24.2 Å². The summed E-state index contributed by atoms with van der Waals surface area (Å²) in [5.74, 6) is 2.22. The van der Waals surface area contributed by atoms with E-state index in [4.69, 9.17) is 20.3 Å². The Hall–Kier alpha value is -2.86. The van der Waals surface area contributed by atoms with Crippen LogP contribution in [0.15, 0.2) is 78.9 Å². The van der Waals surface area contributed by atoms with Gasteiger partial charge in [0.1, 0.15) is 5.75 Å². The van der Waals surface area contributed by atoms with E-state index < -0.39 is 12.1 Å². The molecule has 0 heterocycles. The maximum Gasteiger partial charge on any atom is 0.169 e. The molecule has 5 heteroatoms. The third kappa shape index (κ3) is 7.09. The average molecular weight is 436 g/mol. The number of benzene rings is 3. The van der Waals surface area contributed by atoms with Crippen molar-refractivity contribution in [3.63, 3.8) is 0 Å². The summed E-state index contributed by atoms with van der Waals surface area (Å²) in [5, 5.41) is 19.2. The molecule has 0 saturated heterocycles. The Kier molecular flexibility index (Phi) is 9.11. The molecular formula is C27H33NO4. The lowest BCUT2D eigenvalue weighted by molar-refractivity contribution is 0.0965. The molecule has 3 aromatic rings. The van der Waals surface area contributed by atoms with E-state index in [9.17, 15) is 5.11 Å². The summed E-state index contributed by atoms with van der Waals surface area (Å²) < 4.78 is 12.1. The van der Waals surface area contributed by atoms with Crippen LogP contribution < -0.4 is 15.2 Å². The van der Waals surface area contributed by atoms with Gasteiger partial charge in [-0.15, -0.1) is 0 Å². The van der Waals surface area contributed by atoms with Crippen LogP contribution in [0.2, 0.25) is 0 Å². The largest absolute Gasteiger partial charge is 0.490 e. The van der Waals surface area contributed by atoms with E-state index >= 15 is 0 Å². The molecule has 170 valence electrons. The molecular weight excluding hydrogens is 402 g/mol. The number of hydrogen-bond acceptors (Lipinski definition) is 5. The second-order valence-corrected chi connectivity index (χ2v) is 8.11. The predicted molar refractivity (Wildman–Crippen MR) is 127 cm³/mol. The topological polar surface area (TPSA) is 84.9 Å². The van der Waals surface area contributed by atoms with E-state index in [1.54, 1.807) is 0 Å². The molecule has 0 aliphatic heterocycles. The number of aryl methyl sites for hydroxylation is 1. The Labute approximate surface area is 190 Å². The summed E-state index contributed by atoms with van der Waals surface area (Å²) in [4.78, 5) is 0. The fourth-order valence-corrected chi connectivity index (χ4v) is 3.54. The van der Waals surface area contributed by atoms with E-state index in [0.29, 0.717) is 24.5 Å². The molecule has 0 saturated carbocycles. The average Bonchev–Trinajstić information content (AvgIpc) is 2.83. The van der Waals surface area contributed by atoms with E-state index in [-0.39, 0.29) is 12.5 Å². The number of para-hydroxylation sites is 2. The zero-order valence-electron chi connectivity index (χ0n) is 18.6. The number of nitrogens with two attached hydrogens (primary N) is 1. The zero-order chi connectivity index (χ0) is 22.8. The summed E-state index contributed by atoms with van der Waals surface area (Å²) in [6, 6.07) is 25.2. The first-order valence-corrected chi connectivity index (χ1v) is 11.1. The van der Waals surface area contributed by atoms with Crippen LogP contribution in [-0.4, -0.2) is 35.6 Å². The van der Waals surface area contributed by atoms with Crippen LogP contribution in [0, 0.1) is 0 Å². The minimum absolute atomic E-state index is 0.108. The molecule has 0 aromatic heterocycles. The maximum absolute atomic E-state index is 10.1. The van der Waals surface area contributed by atoms with Crippen molar-refractivity contribution in [1.82, 2.24) is 0 Å². The molecule has 3 unspecified atom stereocenters. The Morgan fingerprint density at radius 2 is 1.53 bits per heavy atom. The number of ether oxygens (including phenoxy) is 2. The first-order valence-electron chi connectivity index (χ1n) is 11.1. The quantitative estimate of drug-likeness (QED) is 0.360. The van der Waals surface area contributed by atoms with Crippen LogP contribution in [0.25, 0.3) is 0 Å². The number of aliphatic hydroxyl groups is 2. The standard InChI is InChI=1S/C27H33NO4/c1-20(18-25(30)24(28)19-29)22-13-15-23(16-14-22)32-27-12-6-5-11-26(27)31-17-7-10-21-8-3-2-4-9-21/h2-6,8-9,11-16,20,24-25,29-30H,7,10,17-19,28H2,1H3. The molecule has 3 atom stereocenters. The van der Waals surface area contributed by atoms with Gasteiger partial charge in [0.25, 0.3) is 0 Å². The van der Waals surface area contributed by atoms with Gasteiger partial charge < -0.3 is 25.4 Å². The molecule has 3 aromatic carbocycles. The highest BCUT2D eigenvalue weighted by Crippen LogP contribution is 2.32. The predicted octanol–water partition coefficient (Wildman–Crippen LogP) is 4.66. The van der Waals surface area contributed by atoms with Crippen molar-refractivity contribution in [3.05, 3.63) is 90.0 Å². The summed E-state index contributed by atoms with van der Waals surface area (Å²) in [7, 11) is 0. The molecule has 0 bridgehead atoms. The summed E-state index contributed by atoms with van der Waals surface area (Å²) in [6.45, 7) is 2.42. The van der Waals surface area contributed by atoms with E-state index in [1.807, 2.05) is 61.5 Å². The maximum atomic E-state index is 10.1. The van der Waals surface area contributed by atoms with Gasteiger partial charge in [-0.3, -0.25) is 0 Å². The van der Waals surface area contributed by atoms with Gasteiger partial charge in [0, 0.05) is 0 Å². The van der Waals surface area contributed by atoms with Crippen molar-refractivity contribution in [2.75, 3.05) is 13.2 Å². The molecule has 0 amide bonds. The van der Waals surface area contributed by atoms with Crippen LogP contribution in [-0.2, 0) is 6.42 Å². The van der Waals surface area contributed by atoms with Crippen molar-refractivity contribution in [1.29, 1.82) is 0 Å². The Morgan fingerprint density at radius 1 is 0.875 bits per heavy atom. The highest BCUT2D eigenvalue weighted by Gasteiger charge is 2.18. The molecule has 32 heavy (non-hydrogen) atoms. The van der Waals surface area contributed by atoms with Gasteiger partial charge in [0.05, 0.1) is 25.4 Å². The lowest BCUT2D eigenvalue weighted by atomic mass is 9.92. The third-order valence-electron chi connectivity index (χ3n) is 5.54. The molecule has 0 aliphatic rings. The molecule has 5 nitrogen and oxygen atoms in total. The minimum atomic E-state index is -0.739. The molecule has 0 radical (unpaired) electrons. The molecule has 0 aliphatic carbocycles. The van der Waals surface area contributed by atoms with Crippen LogP contribution >= 0.6 is 0 Å². The second-order valence-electron chi connectivity index (χ2n) is 8.11. The van der Waals surface area contributed by atoms with Crippen molar-refractivity contribution >= 4 is 0 Å². The zero-order valence-corrected chi connectivity index (χ0v) is 18.6. The van der Waals surface area contributed by atoms with Crippen LogP contribution in [0.4, 0.5) is 0 Å². The van der Waals surface area contributed by atoms with Crippen molar-refractivity contribution in [2.24, 2.45) is 5.73 Å². The van der Waals surface area contributed by atoms with Crippen LogP contribution in [0.5, 0.6) is 17.2 Å². The number of hydrogen-bond donors (Lipinski definition) is 3. The first kappa shape index (κ1) is 23.8.